The van der Waals surface area contributed by atoms with Gasteiger partial charge < -0.3 is 10.0 Å². The van der Waals surface area contributed by atoms with Crippen molar-refractivity contribution in [3.05, 3.63) is 0 Å². The number of likely N-dealkylation sites (tertiary alicyclic amines) is 1. The molecule has 0 bridgehead atoms. The van der Waals surface area contributed by atoms with E-state index in [2.05, 4.69) is 0 Å². The molecule has 1 N–H and O–H groups in total. The Labute approximate surface area is 81.5 Å². The molecule has 1 aliphatic heterocycles. The van der Waals surface area contributed by atoms with Crippen LogP contribution >= 0.6 is 0 Å². The van der Waals surface area contributed by atoms with E-state index in [9.17, 15) is 26.7 Å². The third-order valence-electron chi connectivity index (χ3n) is 2.35. The van der Waals surface area contributed by atoms with E-state index in [1.165, 1.54) is 0 Å². The Morgan fingerprint density at radius 2 is 1.80 bits per heavy atom. The molecule has 0 aromatic heterocycles. The van der Waals surface area contributed by atoms with Crippen LogP contribution in [0.3, 0.4) is 0 Å². The molecule has 1 amide bonds. The molecule has 15 heavy (non-hydrogen) atoms. The monoisotopic (exact) mass is 233 g/mol. The standard InChI is InChI=1S/C7H8F5NO2/c8-6(9,7(10,11)12)4-1-2-13(3-4)5(14)15/h4H,1-3H2,(H,14,15). The van der Waals surface area contributed by atoms with E-state index < -0.39 is 37.1 Å². The molecule has 1 fully saturated rings. The summed E-state index contributed by atoms with van der Waals surface area (Å²) < 4.78 is 61.1. The van der Waals surface area contributed by atoms with Gasteiger partial charge in [-0.15, -0.1) is 0 Å². The van der Waals surface area contributed by atoms with Crippen molar-refractivity contribution in [1.29, 1.82) is 0 Å². The molecule has 0 aromatic rings. The van der Waals surface area contributed by atoms with E-state index in [-0.39, 0.29) is 6.54 Å². The van der Waals surface area contributed by atoms with Crippen LogP contribution in [-0.2, 0) is 0 Å². The number of hydrogen-bond donors (Lipinski definition) is 1. The predicted molar refractivity (Wildman–Crippen MR) is 38.7 cm³/mol. The Morgan fingerprint density at radius 1 is 1.27 bits per heavy atom. The van der Waals surface area contributed by atoms with Crippen LogP contribution in [0.4, 0.5) is 26.7 Å². The maximum Gasteiger partial charge on any atom is 0.453 e. The second kappa shape index (κ2) is 3.49. The van der Waals surface area contributed by atoms with E-state index in [4.69, 9.17) is 5.11 Å². The lowest BCUT2D eigenvalue weighted by Crippen LogP contribution is -2.44. The van der Waals surface area contributed by atoms with Crippen molar-refractivity contribution in [2.75, 3.05) is 13.1 Å². The highest BCUT2D eigenvalue weighted by Crippen LogP contribution is 2.44. The normalized spacial score (nSPS) is 23.3. The zero-order valence-electron chi connectivity index (χ0n) is 7.39. The second-order valence-electron chi connectivity index (χ2n) is 3.33. The number of halogens is 5. The smallest absolute Gasteiger partial charge is 0.453 e. The van der Waals surface area contributed by atoms with Gasteiger partial charge in [-0.1, -0.05) is 0 Å². The Hall–Kier alpha value is -1.08. The summed E-state index contributed by atoms with van der Waals surface area (Å²) in [6.07, 6.45) is -7.57. The fraction of sp³-hybridized carbons (Fsp3) is 0.857. The van der Waals surface area contributed by atoms with Gasteiger partial charge >= 0.3 is 18.2 Å². The molecule has 1 saturated heterocycles. The van der Waals surface area contributed by atoms with Crippen LogP contribution in [0, 0.1) is 5.92 Å². The zero-order chi connectivity index (χ0) is 11.9. The SMILES string of the molecule is O=C(O)N1CCC(C(F)(F)C(F)(F)F)C1. The van der Waals surface area contributed by atoms with E-state index >= 15 is 0 Å². The average Bonchev–Trinajstić information content (AvgIpc) is 2.49. The summed E-state index contributed by atoms with van der Waals surface area (Å²) in [5.74, 6) is -6.80. The lowest BCUT2D eigenvalue weighted by Gasteiger charge is -2.25. The number of rotatable bonds is 1. The second-order valence-corrected chi connectivity index (χ2v) is 3.33. The summed E-state index contributed by atoms with van der Waals surface area (Å²) in [5, 5.41) is 8.40. The van der Waals surface area contributed by atoms with Crippen molar-refractivity contribution in [3.8, 4) is 0 Å². The largest absolute Gasteiger partial charge is 0.465 e. The van der Waals surface area contributed by atoms with Crippen LogP contribution in [0.5, 0.6) is 0 Å². The molecule has 0 radical (unpaired) electrons. The lowest BCUT2D eigenvalue weighted by molar-refractivity contribution is -0.300. The highest BCUT2D eigenvalue weighted by atomic mass is 19.4. The Bertz CT molecular complexity index is 265. The number of nitrogens with zero attached hydrogens (tertiary/aromatic N) is 1. The first-order chi connectivity index (χ1) is 6.66. The van der Waals surface area contributed by atoms with Gasteiger partial charge in [-0.3, -0.25) is 0 Å². The number of alkyl halides is 5. The van der Waals surface area contributed by atoms with Crippen LogP contribution in [-0.4, -0.2) is 41.3 Å². The molecule has 88 valence electrons. The van der Waals surface area contributed by atoms with Gasteiger partial charge in [-0.05, 0) is 6.42 Å². The van der Waals surface area contributed by atoms with Crippen molar-refractivity contribution in [2.45, 2.75) is 18.5 Å². The van der Waals surface area contributed by atoms with E-state index in [1.807, 2.05) is 0 Å². The fourth-order valence-corrected chi connectivity index (χ4v) is 1.46. The van der Waals surface area contributed by atoms with Gasteiger partial charge in [0.15, 0.2) is 0 Å². The van der Waals surface area contributed by atoms with Crippen LogP contribution < -0.4 is 0 Å². The molecule has 1 aliphatic rings. The topological polar surface area (TPSA) is 40.5 Å². The summed E-state index contributed by atoms with van der Waals surface area (Å²) in [5.41, 5.74) is 0. The molecular weight excluding hydrogens is 225 g/mol. The van der Waals surface area contributed by atoms with Crippen LogP contribution in [0.15, 0.2) is 0 Å². The molecule has 0 aliphatic carbocycles. The molecule has 1 heterocycles. The number of carbonyl (C=O) groups is 1. The van der Waals surface area contributed by atoms with Crippen LogP contribution in [0.1, 0.15) is 6.42 Å². The quantitative estimate of drug-likeness (QED) is 0.705. The maximum atomic E-state index is 12.7. The maximum absolute atomic E-state index is 12.7. The molecule has 0 aromatic carbocycles. The minimum atomic E-state index is -5.62. The van der Waals surface area contributed by atoms with Gasteiger partial charge in [0.1, 0.15) is 0 Å². The highest BCUT2D eigenvalue weighted by Gasteiger charge is 2.63. The van der Waals surface area contributed by atoms with Crippen LogP contribution in [0.25, 0.3) is 0 Å². The Balaban J connectivity index is 2.72. The van der Waals surface area contributed by atoms with Gasteiger partial charge in [-0.2, -0.15) is 22.0 Å². The third kappa shape index (κ3) is 2.13. The first-order valence-electron chi connectivity index (χ1n) is 4.08. The fourth-order valence-electron chi connectivity index (χ4n) is 1.46. The van der Waals surface area contributed by atoms with E-state index in [1.54, 1.807) is 0 Å². The molecule has 3 nitrogen and oxygen atoms in total. The van der Waals surface area contributed by atoms with Gasteiger partial charge in [0, 0.05) is 13.1 Å². The molecular formula is C7H8F5NO2. The van der Waals surface area contributed by atoms with Crippen molar-refractivity contribution in [3.63, 3.8) is 0 Å². The number of carboxylic acid groups (broad SMARTS) is 1. The first-order valence-corrected chi connectivity index (χ1v) is 4.08. The third-order valence-corrected chi connectivity index (χ3v) is 2.35. The molecule has 1 unspecified atom stereocenters. The Morgan fingerprint density at radius 3 is 2.13 bits per heavy atom. The van der Waals surface area contributed by atoms with Crippen molar-refractivity contribution in [2.24, 2.45) is 5.92 Å². The lowest BCUT2D eigenvalue weighted by atomic mass is 10.0. The van der Waals surface area contributed by atoms with Crippen molar-refractivity contribution in [1.82, 2.24) is 4.90 Å². The van der Waals surface area contributed by atoms with Crippen LogP contribution in [0.2, 0.25) is 0 Å². The molecule has 1 rings (SSSR count). The molecule has 8 heteroatoms. The van der Waals surface area contributed by atoms with Gasteiger partial charge in [0.2, 0.25) is 0 Å². The van der Waals surface area contributed by atoms with Crippen molar-refractivity contribution < 1.29 is 31.9 Å². The molecule has 1 atom stereocenters. The minimum absolute atomic E-state index is 0.286. The predicted octanol–water partition coefficient (Wildman–Crippen LogP) is 2.18. The highest BCUT2D eigenvalue weighted by molar-refractivity contribution is 5.65. The summed E-state index contributed by atoms with van der Waals surface area (Å²) >= 11 is 0. The average molecular weight is 233 g/mol. The molecule has 0 spiro atoms. The minimum Gasteiger partial charge on any atom is -0.465 e. The zero-order valence-corrected chi connectivity index (χ0v) is 7.39. The van der Waals surface area contributed by atoms with Gasteiger partial charge in [-0.25, -0.2) is 4.79 Å². The number of amides is 1. The summed E-state index contributed by atoms with van der Waals surface area (Å²) in [6.45, 7) is -1.06. The molecule has 0 saturated carbocycles. The summed E-state index contributed by atoms with van der Waals surface area (Å²) in [7, 11) is 0. The van der Waals surface area contributed by atoms with E-state index in [0.29, 0.717) is 4.90 Å². The first kappa shape index (κ1) is 12.0. The van der Waals surface area contributed by atoms with Gasteiger partial charge in [0.25, 0.3) is 0 Å². The Kier molecular flexibility index (Phi) is 2.79. The summed E-state index contributed by atoms with van der Waals surface area (Å²) in [4.78, 5) is 10.9. The number of hydrogen-bond acceptors (Lipinski definition) is 1. The van der Waals surface area contributed by atoms with E-state index in [0.717, 1.165) is 0 Å². The summed E-state index contributed by atoms with van der Waals surface area (Å²) in [6, 6.07) is 0. The van der Waals surface area contributed by atoms with Crippen molar-refractivity contribution >= 4 is 6.09 Å². The van der Waals surface area contributed by atoms with Gasteiger partial charge in [0.05, 0.1) is 5.92 Å².